The largest absolute Gasteiger partial charge is 0.474 e. The highest BCUT2D eigenvalue weighted by Crippen LogP contribution is 2.26. The lowest BCUT2D eigenvalue weighted by atomic mass is 10.1. The third kappa shape index (κ3) is 6.84. The van der Waals surface area contributed by atoms with Crippen LogP contribution in [0, 0.1) is 5.82 Å². The molecule has 0 amide bonds. The number of rotatable bonds is 11. The van der Waals surface area contributed by atoms with E-state index in [1.54, 1.807) is 19.2 Å². The van der Waals surface area contributed by atoms with Crippen molar-refractivity contribution < 1.29 is 18.6 Å². The molecule has 1 aromatic carbocycles. The lowest BCUT2D eigenvalue weighted by molar-refractivity contribution is -0.0592. The summed E-state index contributed by atoms with van der Waals surface area (Å²) >= 11 is 5.90. The average molecular weight is 633 g/mol. The van der Waals surface area contributed by atoms with Gasteiger partial charge in [-0.15, -0.1) is 10.2 Å². The Bertz CT molecular complexity index is 1780. The number of H-pyrrole nitrogens is 1. The van der Waals surface area contributed by atoms with E-state index in [9.17, 15) is 4.39 Å². The van der Waals surface area contributed by atoms with Gasteiger partial charge in [-0.1, -0.05) is 23.7 Å². The zero-order valence-corrected chi connectivity index (χ0v) is 25.7. The fourth-order valence-electron chi connectivity index (χ4n) is 5.81. The monoisotopic (exact) mass is 632 g/mol. The number of aromatic amines is 1. The van der Waals surface area contributed by atoms with Crippen LogP contribution in [0.3, 0.4) is 0 Å². The number of methoxy groups -OCH3 is 1. The van der Waals surface area contributed by atoms with Crippen LogP contribution in [-0.4, -0.2) is 78.6 Å². The van der Waals surface area contributed by atoms with E-state index in [1.165, 1.54) is 6.07 Å². The number of likely N-dealkylation sites (tertiary alicyclic amines) is 1. The highest BCUT2D eigenvalue weighted by molar-refractivity contribution is 6.30. The van der Waals surface area contributed by atoms with Crippen molar-refractivity contribution >= 4 is 22.6 Å². The molecule has 7 rings (SSSR count). The first-order valence-electron chi connectivity index (χ1n) is 15.2. The third-order valence-corrected chi connectivity index (χ3v) is 8.54. The van der Waals surface area contributed by atoms with E-state index in [-0.39, 0.29) is 18.0 Å². The molecule has 1 unspecified atom stereocenters. The molecule has 1 atom stereocenters. The predicted molar refractivity (Wildman–Crippen MR) is 165 cm³/mol. The Morgan fingerprint density at radius 3 is 2.73 bits per heavy atom. The smallest absolute Gasteiger partial charge is 0.213 e. The lowest BCUT2D eigenvalue weighted by Gasteiger charge is -2.32. The van der Waals surface area contributed by atoms with E-state index in [0.29, 0.717) is 53.4 Å². The highest BCUT2D eigenvalue weighted by atomic mass is 35.5. The summed E-state index contributed by atoms with van der Waals surface area (Å²) in [5.41, 5.74) is 3.82. The first-order chi connectivity index (χ1) is 22.0. The van der Waals surface area contributed by atoms with Gasteiger partial charge in [0.1, 0.15) is 30.0 Å². The molecule has 6 heterocycles. The molecule has 4 aromatic heterocycles. The quantitative estimate of drug-likeness (QED) is 0.215. The van der Waals surface area contributed by atoms with Crippen LogP contribution in [0.4, 0.5) is 4.39 Å². The van der Waals surface area contributed by atoms with E-state index < -0.39 is 0 Å². The van der Waals surface area contributed by atoms with E-state index in [2.05, 4.69) is 34.6 Å². The van der Waals surface area contributed by atoms with Crippen molar-refractivity contribution in [1.82, 2.24) is 39.6 Å². The number of aromatic nitrogens is 7. The minimum absolute atomic E-state index is 0.0510. The van der Waals surface area contributed by atoms with Gasteiger partial charge in [-0.05, 0) is 49.1 Å². The summed E-state index contributed by atoms with van der Waals surface area (Å²) in [6, 6.07) is 12.3. The van der Waals surface area contributed by atoms with Crippen LogP contribution >= 0.6 is 11.6 Å². The molecule has 0 saturated carbocycles. The third-order valence-electron chi connectivity index (χ3n) is 8.31. The molecule has 45 heavy (non-hydrogen) atoms. The fraction of sp³-hybridized carbons (Fsp3) is 0.406. The molecule has 0 spiro atoms. The van der Waals surface area contributed by atoms with E-state index in [0.717, 1.165) is 68.1 Å². The summed E-state index contributed by atoms with van der Waals surface area (Å²) in [6.07, 6.45) is 5.24. The molecule has 2 fully saturated rings. The maximum Gasteiger partial charge on any atom is 0.213 e. The number of halogens is 2. The van der Waals surface area contributed by atoms with Gasteiger partial charge < -0.3 is 23.8 Å². The van der Waals surface area contributed by atoms with Crippen molar-refractivity contribution in [2.24, 2.45) is 0 Å². The molecule has 5 aromatic rings. The number of ether oxygens (including phenoxy) is 3. The normalized spacial score (nSPS) is 17.5. The summed E-state index contributed by atoms with van der Waals surface area (Å²) in [6.45, 7) is 4.35. The maximum atomic E-state index is 14.3. The van der Waals surface area contributed by atoms with Crippen molar-refractivity contribution in [3.8, 4) is 17.4 Å². The Kier molecular flexibility index (Phi) is 8.70. The number of hydrogen-bond acceptors (Lipinski definition) is 9. The van der Waals surface area contributed by atoms with Gasteiger partial charge in [0.25, 0.3) is 0 Å². The van der Waals surface area contributed by atoms with Gasteiger partial charge in [0, 0.05) is 50.0 Å². The summed E-state index contributed by atoms with van der Waals surface area (Å²) < 4.78 is 33.8. The summed E-state index contributed by atoms with van der Waals surface area (Å²) in [5.74, 6) is 2.45. The Morgan fingerprint density at radius 2 is 1.96 bits per heavy atom. The van der Waals surface area contributed by atoms with Crippen LogP contribution in [0.1, 0.15) is 42.2 Å². The summed E-state index contributed by atoms with van der Waals surface area (Å²) in [7, 11) is 1.62. The second-order valence-corrected chi connectivity index (χ2v) is 11.9. The van der Waals surface area contributed by atoms with Gasteiger partial charge in [-0.25, -0.2) is 14.4 Å². The second-order valence-electron chi connectivity index (χ2n) is 11.5. The molecular formula is C32H34ClFN8O3. The molecule has 2 aliphatic heterocycles. The number of nitrogens with zero attached hydrogens (tertiary/aromatic N) is 7. The molecule has 11 nitrogen and oxygen atoms in total. The number of nitrogens with one attached hydrogen (secondary N) is 1. The fourth-order valence-corrected chi connectivity index (χ4v) is 5.97. The second kappa shape index (κ2) is 13.2. The van der Waals surface area contributed by atoms with Crippen LogP contribution in [-0.2, 0) is 35.6 Å². The summed E-state index contributed by atoms with van der Waals surface area (Å²) in [4.78, 5) is 19.9. The first-order valence-corrected chi connectivity index (χ1v) is 15.5. The number of fused-ring (bicyclic) bond motifs is 1. The Balaban J connectivity index is 1.01. The number of hydrogen-bond donors (Lipinski definition) is 1. The summed E-state index contributed by atoms with van der Waals surface area (Å²) in [5, 5.41) is 8.73. The molecule has 2 aliphatic rings. The molecule has 0 aliphatic carbocycles. The topological polar surface area (TPSA) is 116 Å². The molecule has 234 valence electrons. The predicted octanol–water partition coefficient (Wildman–Crippen LogP) is 4.97. The van der Waals surface area contributed by atoms with Gasteiger partial charge in [0.15, 0.2) is 11.6 Å². The van der Waals surface area contributed by atoms with Crippen molar-refractivity contribution in [3.05, 3.63) is 82.4 Å². The Morgan fingerprint density at radius 1 is 1.09 bits per heavy atom. The zero-order valence-electron chi connectivity index (χ0n) is 25.0. The van der Waals surface area contributed by atoms with Crippen molar-refractivity contribution in [3.63, 3.8) is 0 Å². The minimum atomic E-state index is -0.334. The first kappa shape index (κ1) is 29.7. The van der Waals surface area contributed by atoms with Crippen LogP contribution in [0.25, 0.3) is 22.6 Å². The number of pyridine rings is 2. The number of piperidine rings is 1. The molecule has 2 saturated heterocycles. The molecular weight excluding hydrogens is 599 g/mol. The van der Waals surface area contributed by atoms with Crippen LogP contribution in [0.15, 0.2) is 48.7 Å². The Hall–Kier alpha value is -3.97. The van der Waals surface area contributed by atoms with Gasteiger partial charge in [-0.3, -0.25) is 9.88 Å². The van der Waals surface area contributed by atoms with Crippen molar-refractivity contribution in [2.75, 3.05) is 26.8 Å². The standard InChI is InChI=1S/C32H34ClFN8O3/c1-43-19-29-38-32(40-39-29)27-15-26-28(16-35-27)42(17-24-9-12-44-24)30(37-26)18-41-10-7-23(8-11-41)45-31-4-2-3-22(36-31)13-20-5-6-21(33)14-25(20)34/h2-6,14-16,23-24H,7-13,17-19H2,1H3,(H,38,39,40). The van der Waals surface area contributed by atoms with Gasteiger partial charge in [-0.2, -0.15) is 0 Å². The van der Waals surface area contributed by atoms with Crippen molar-refractivity contribution in [1.29, 1.82) is 0 Å². The van der Waals surface area contributed by atoms with Crippen LogP contribution < -0.4 is 4.74 Å². The molecule has 1 N–H and O–H groups in total. The minimum Gasteiger partial charge on any atom is -0.474 e. The van der Waals surface area contributed by atoms with Crippen LogP contribution in [0.2, 0.25) is 5.02 Å². The molecule has 0 bridgehead atoms. The maximum absolute atomic E-state index is 14.3. The zero-order chi connectivity index (χ0) is 30.8. The van der Waals surface area contributed by atoms with E-state index in [1.807, 2.05) is 30.5 Å². The van der Waals surface area contributed by atoms with E-state index in [4.69, 9.17) is 30.8 Å². The van der Waals surface area contributed by atoms with Gasteiger partial charge >= 0.3 is 0 Å². The van der Waals surface area contributed by atoms with Crippen molar-refractivity contribution in [2.45, 2.75) is 57.6 Å². The molecule has 13 heteroatoms. The number of benzene rings is 1. The van der Waals surface area contributed by atoms with Crippen LogP contribution in [0.5, 0.6) is 5.88 Å². The average Bonchev–Trinajstić information content (AvgIpc) is 3.62. The van der Waals surface area contributed by atoms with Gasteiger partial charge in [0.05, 0.1) is 36.4 Å². The highest BCUT2D eigenvalue weighted by Gasteiger charge is 2.26. The number of imidazole rings is 1. The van der Waals surface area contributed by atoms with Gasteiger partial charge in [0.2, 0.25) is 5.88 Å². The Labute approximate surface area is 264 Å². The lowest BCUT2D eigenvalue weighted by Crippen LogP contribution is -2.39. The van der Waals surface area contributed by atoms with E-state index >= 15 is 0 Å². The molecule has 0 radical (unpaired) electrons. The SMILES string of the molecule is COCc1nnc(-c2cc3nc(CN4CCC(Oc5cccc(Cc6ccc(Cl)cc6F)n5)CC4)n(CC4CCO4)c3cn2)[nH]1.